The summed E-state index contributed by atoms with van der Waals surface area (Å²) in [5.41, 5.74) is 0. The van der Waals surface area contributed by atoms with Crippen LogP contribution in [0.25, 0.3) is 0 Å². The summed E-state index contributed by atoms with van der Waals surface area (Å²) in [7, 11) is -3.36. The van der Waals surface area contributed by atoms with Gasteiger partial charge in [-0.1, -0.05) is 13.2 Å². The normalized spacial score (nSPS) is 26.8. The number of hydrogen-bond acceptors (Lipinski definition) is 12. The van der Waals surface area contributed by atoms with Gasteiger partial charge in [-0.15, -0.1) is 0 Å². The Hall–Kier alpha value is -3.79. The smallest absolute Gasteiger partial charge is 0.330 e. The average molecular weight is 857 g/mol. The standard InChI is InChI=1S/C21H32O6.C14H22O4.C8H14O5S/c1-2-19(22)26-13-3-4-14-27-21(25)18-11-7-16(8-12-18)15-5-9-17(10-6-15)20(23)24;15-13(16)11-5-1-9(2-6-11)10-3-7-12(8-4-10)14(17)18;1-3-8(9)12-6-4-5-7-13-14(2,10)11/h2,15-18H,1,3-14H2,(H,23,24);9-12H,1-8H2,(H,15,16)(H,17,18);3H,1,4-7H2,2H3. The molecule has 0 heterocycles. The molecule has 0 aliphatic heterocycles. The summed E-state index contributed by atoms with van der Waals surface area (Å²) in [4.78, 5) is 66.5. The molecule has 0 radical (unpaired) electrons. The highest BCUT2D eigenvalue weighted by atomic mass is 32.2. The van der Waals surface area contributed by atoms with Crippen molar-refractivity contribution in [2.75, 3.05) is 32.7 Å². The Labute approximate surface area is 349 Å². The van der Waals surface area contributed by atoms with E-state index in [1.165, 1.54) is 0 Å². The second-order valence-corrected chi connectivity index (χ2v) is 18.0. The number of aliphatic carboxylic acids is 3. The molecule has 4 fully saturated rings. The van der Waals surface area contributed by atoms with Gasteiger partial charge in [-0.2, -0.15) is 8.42 Å². The van der Waals surface area contributed by atoms with Gasteiger partial charge in [0.2, 0.25) is 0 Å². The van der Waals surface area contributed by atoms with Crippen LogP contribution in [0, 0.1) is 47.3 Å². The lowest BCUT2D eigenvalue weighted by Gasteiger charge is -2.36. The number of ether oxygens (including phenoxy) is 3. The molecule has 4 rings (SSSR count). The minimum Gasteiger partial charge on any atom is -0.481 e. The van der Waals surface area contributed by atoms with E-state index in [1.807, 2.05) is 0 Å². The molecule has 0 aromatic rings. The molecule has 336 valence electrons. The van der Waals surface area contributed by atoms with Crippen molar-refractivity contribution in [2.45, 2.75) is 128 Å². The first-order valence-electron chi connectivity index (χ1n) is 21.3. The van der Waals surface area contributed by atoms with Gasteiger partial charge in [-0.25, -0.2) is 9.59 Å². The number of unbranched alkanes of at least 4 members (excludes halogenated alkanes) is 2. The maximum Gasteiger partial charge on any atom is 0.330 e. The van der Waals surface area contributed by atoms with Crippen molar-refractivity contribution in [3.05, 3.63) is 25.3 Å². The molecule has 0 spiro atoms. The maximum absolute atomic E-state index is 12.2. The molecule has 0 saturated heterocycles. The first-order chi connectivity index (χ1) is 28.0. The highest BCUT2D eigenvalue weighted by Gasteiger charge is 2.36. The molecule has 0 aromatic carbocycles. The molecule has 16 heteroatoms. The van der Waals surface area contributed by atoms with Gasteiger partial charge in [0.1, 0.15) is 0 Å². The molecule has 0 aromatic heterocycles. The summed E-state index contributed by atoms with van der Waals surface area (Å²) in [5, 5.41) is 27.0. The van der Waals surface area contributed by atoms with Crippen LogP contribution >= 0.6 is 0 Å². The summed E-state index contributed by atoms with van der Waals surface area (Å²) >= 11 is 0. The zero-order valence-electron chi connectivity index (χ0n) is 34.8. The molecule has 15 nitrogen and oxygen atoms in total. The third-order valence-electron chi connectivity index (χ3n) is 12.2. The molecular formula is C43H68O15S. The van der Waals surface area contributed by atoms with Crippen molar-refractivity contribution in [1.82, 2.24) is 0 Å². The predicted octanol–water partition coefficient (Wildman–Crippen LogP) is 6.98. The zero-order valence-corrected chi connectivity index (χ0v) is 35.6. The third kappa shape index (κ3) is 21.3. The second-order valence-electron chi connectivity index (χ2n) is 16.3. The first kappa shape index (κ1) is 51.4. The van der Waals surface area contributed by atoms with E-state index in [2.05, 4.69) is 22.1 Å². The minimum atomic E-state index is -3.36. The van der Waals surface area contributed by atoms with Gasteiger partial charge in [0, 0.05) is 12.2 Å². The first-order valence-corrected chi connectivity index (χ1v) is 23.1. The van der Waals surface area contributed by atoms with Crippen LogP contribution in [-0.4, -0.2) is 92.2 Å². The van der Waals surface area contributed by atoms with Crippen LogP contribution in [0.2, 0.25) is 0 Å². The van der Waals surface area contributed by atoms with E-state index < -0.39 is 40.0 Å². The van der Waals surface area contributed by atoms with Crippen LogP contribution in [0.4, 0.5) is 0 Å². The van der Waals surface area contributed by atoms with Gasteiger partial charge >= 0.3 is 35.8 Å². The summed E-state index contributed by atoms with van der Waals surface area (Å²) < 4.78 is 40.4. The summed E-state index contributed by atoms with van der Waals surface area (Å²) in [6.07, 6.45) is 20.3. The number of carboxylic acids is 3. The fourth-order valence-electron chi connectivity index (χ4n) is 8.71. The van der Waals surface area contributed by atoms with Gasteiger partial charge in [-0.05, 0) is 152 Å². The molecule has 4 aliphatic carbocycles. The van der Waals surface area contributed by atoms with E-state index >= 15 is 0 Å². The number of carboxylic acid groups (broad SMARTS) is 3. The molecule has 0 bridgehead atoms. The van der Waals surface area contributed by atoms with Crippen LogP contribution in [0.1, 0.15) is 128 Å². The molecular weight excluding hydrogens is 789 g/mol. The van der Waals surface area contributed by atoms with Crippen LogP contribution < -0.4 is 0 Å². The second kappa shape index (κ2) is 27.9. The lowest BCUT2D eigenvalue weighted by atomic mass is 9.69. The summed E-state index contributed by atoms with van der Waals surface area (Å²) in [5.74, 6) is -0.897. The highest BCUT2D eigenvalue weighted by molar-refractivity contribution is 7.85. The molecule has 0 amide bonds. The molecule has 0 unspecified atom stereocenters. The number of carbonyl (C=O) groups is 6. The van der Waals surface area contributed by atoms with Crippen LogP contribution in [-0.2, 0) is 57.3 Å². The Bertz CT molecular complexity index is 1410. The summed E-state index contributed by atoms with van der Waals surface area (Å²) in [6.45, 7) is 7.60. The lowest BCUT2D eigenvalue weighted by molar-refractivity contribution is -0.151. The van der Waals surface area contributed by atoms with Crippen molar-refractivity contribution in [2.24, 2.45) is 47.3 Å². The van der Waals surface area contributed by atoms with Crippen molar-refractivity contribution in [3.63, 3.8) is 0 Å². The maximum atomic E-state index is 12.2. The highest BCUT2D eigenvalue weighted by Crippen LogP contribution is 2.43. The van der Waals surface area contributed by atoms with Crippen molar-refractivity contribution < 1.29 is 70.9 Å². The lowest BCUT2D eigenvalue weighted by Crippen LogP contribution is -2.30. The van der Waals surface area contributed by atoms with Gasteiger partial charge in [-0.3, -0.25) is 23.4 Å². The molecule has 4 saturated carbocycles. The van der Waals surface area contributed by atoms with Crippen LogP contribution in [0.3, 0.4) is 0 Å². The van der Waals surface area contributed by atoms with Crippen molar-refractivity contribution in [1.29, 1.82) is 0 Å². The van der Waals surface area contributed by atoms with Crippen molar-refractivity contribution >= 4 is 45.9 Å². The zero-order chi connectivity index (χ0) is 43.8. The Kier molecular flexibility index (Phi) is 24.3. The topological polar surface area (TPSA) is 234 Å². The Morgan fingerprint density at radius 1 is 0.475 bits per heavy atom. The van der Waals surface area contributed by atoms with E-state index in [-0.39, 0.29) is 42.9 Å². The number of carbonyl (C=O) groups excluding carboxylic acids is 3. The van der Waals surface area contributed by atoms with Crippen LogP contribution in [0.5, 0.6) is 0 Å². The van der Waals surface area contributed by atoms with E-state index in [9.17, 15) is 37.2 Å². The van der Waals surface area contributed by atoms with Gasteiger partial charge < -0.3 is 29.5 Å². The van der Waals surface area contributed by atoms with Gasteiger partial charge in [0.05, 0.1) is 56.4 Å². The van der Waals surface area contributed by atoms with E-state index in [1.54, 1.807) is 0 Å². The fourth-order valence-corrected chi connectivity index (χ4v) is 9.13. The molecule has 59 heavy (non-hydrogen) atoms. The monoisotopic (exact) mass is 856 g/mol. The van der Waals surface area contributed by atoms with Crippen LogP contribution in [0.15, 0.2) is 25.3 Å². The van der Waals surface area contributed by atoms with E-state index in [0.717, 1.165) is 121 Å². The third-order valence-corrected chi connectivity index (χ3v) is 12.8. The quantitative estimate of drug-likeness (QED) is 0.0391. The Morgan fingerprint density at radius 2 is 0.746 bits per heavy atom. The number of rotatable bonds is 19. The van der Waals surface area contributed by atoms with E-state index in [4.69, 9.17) is 24.8 Å². The Balaban J connectivity index is 0.000000325. The summed E-state index contributed by atoms with van der Waals surface area (Å²) in [6, 6.07) is 0. The number of hydrogen-bond donors (Lipinski definition) is 3. The Morgan fingerprint density at radius 3 is 1.02 bits per heavy atom. The van der Waals surface area contributed by atoms with Gasteiger partial charge in [0.25, 0.3) is 10.1 Å². The fraction of sp³-hybridized carbons (Fsp3) is 0.767. The number of esters is 3. The SMILES string of the molecule is C=CC(=O)OCCCCOC(=O)C1CCC(C2CCC(C(=O)O)CC2)CC1.C=CC(=O)OCCCCOS(C)(=O)=O.O=C(O)C1CCC(C2CCC(C(=O)O)CC2)CC1. The molecule has 4 aliphatic rings. The average Bonchev–Trinajstić information content (AvgIpc) is 3.23. The minimum absolute atomic E-state index is 0.00444. The molecule has 3 N–H and O–H groups in total. The molecule has 0 atom stereocenters. The van der Waals surface area contributed by atoms with E-state index in [0.29, 0.717) is 62.6 Å². The largest absolute Gasteiger partial charge is 0.481 e. The van der Waals surface area contributed by atoms with Crippen molar-refractivity contribution in [3.8, 4) is 0 Å². The van der Waals surface area contributed by atoms with Gasteiger partial charge in [0.15, 0.2) is 0 Å². The predicted molar refractivity (Wildman–Crippen MR) is 217 cm³/mol.